The molecule has 0 aliphatic carbocycles. The van der Waals surface area contributed by atoms with E-state index >= 15 is 0 Å². The van der Waals surface area contributed by atoms with Crippen molar-refractivity contribution in [3.8, 4) is 5.75 Å². The third-order valence-corrected chi connectivity index (χ3v) is 2.84. The van der Waals surface area contributed by atoms with Gasteiger partial charge in [-0.25, -0.2) is 9.48 Å². The summed E-state index contributed by atoms with van der Waals surface area (Å²) in [6.45, 7) is 1.92. The maximum atomic E-state index is 10.9. The largest absolute Gasteiger partial charge is 0.476 e. The predicted molar refractivity (Wildman–Crippen MR) is 72.3 cm³/mol. The fourth-order valence-electron chi connectivity index (χ4n) is 1.72. The summed E-state index contributed by atoms with van der Waals surface area (Å²) < 4.78 is 6.48. The van der Waals surface area contributed by atoms with E-state index in [4.69, 9.17) is 9.84 Å². The molecule has 8 nitrogen and oxygen atoms in total. The molecule has 0 atom stereocenters. The molecule has 1 aromatic heterocycles. The Labute approximate surface area is 119 Å². The number of carbonyl (C=O) groups is 1. The first kappa shape index (κ1) is 14.5. The Hall–Kier alpha value is -2.90. The number of aromatic carboxylic acids is 1. The zero-order chi connectivity index (χ0) is 15.4. The van der Waals surface area contributed by atoms with Gasteiger partial charge in [-0.15, -0.1) is 0 Å². The summed E-state index contributed by atoms with van der Waals surface area (Å²) in [6, 6.07) is 7.36. The number of rotatable bonds is 6. The molecule has 0 saturated heterocycles. The third kappa shape index (κ3) is 3.35. The van der Waals surface area contributed by atoms with Gasteiger partial charge in [0.05, 0.1) is 4.92 Å². The van der Waals surface area contributed by atoms with E-state index < -0.39 is 22.3 Å². The van der Waals surface area contributed by atoms with Crippen LogP contribution in [0.3, 0.4) is 0 Å². The highest BCUT2D eigenvalue weighted by atomic mass is 16.6. The summed E-state index contributed by atoms with van der Waals surface area (Å²) in [7, 11) is 0. The topological polar surface area (TPSA) is 107 Å². The number of aryl methyl sites for hydroxylation is 1. The molecule has 1 N–H and O–H groups in total. The molecule has 0 spiro atoms. The number of nitrogens with zero attached hydrogens (tertiary/aromatic N) is 3. The highest BCUT2D eigenvalue weighted by Gasteiger charge is 2.25. The van der Waals surface area contributed by atoms with Crippen LogP contribution in [-0.4, -0.2) is 25.8 Å². The van der Waals surface area contributed by atoms with Crippen molar-refractivity contribution in [1.82, 2.24) is 9.78 Å². The van der Waals surface area contributed by atoms with Gasteiger partial charge in [-0.3, -0.25) is 10.1 Å². The van der Waals surface area contributed by atoms with Crippen LogP contribution in [0, 0.1) is 10.1 Å². The number of nitro groups is 1. The van der Waals surface area contributed by atoms with Crippen molar-refractivity contribution < 1.29 is 19.6 Å². The molecule has 2 aromatic rings. The van der Waals surface area contributed by atoms with E-state index in [1.54, 1.807) is 12.1 Å². The van der Waals surface area contributed by atoms with Gasteiger partial charge in [-0.1, -0.05) is 19.1 Å². The van der Waals surface area contributed by atoms with E-state index in [1.807, 2.05) is 19.1 Å². The number of carboxylic acid groups (broad SMARTS) is 1. The average Bonchev–Trinajstić information content (AvgIpc) is 2.90. The normalized spacial score (nSPS) is 10.3. The van der Waals surface area contributed by atoms with Crippen molar-refractivity contribution in [3.63, 3.8) is 0 Å². The van der Waals surface area contributed by atoms with Crippen LogP contribution in [0.25, 0.3) is 0 Å². The SMILES string of the molecule is CCc1ccc(OCn2cc([N+](=O)[O-])c(C(=O)O)n2)cc1. The van der Waals surface area contributed by atoms with Crippen LogP contribution in [0.1, 0.15) is 23.0 Å². The van der Waals surface area contributed by atoms with Crippen LogP contribution in [0.5, 0.6) is 5.75 Å². The number of benzene rings is 1. The Kier molecular flexibility index (Phi) is 4.17. The van der Waals surface area contributed by atoms with Crippen LogP contribution >= 0.6 is 0 Å². The summed E-state index contributed by atoms with van der Waals surface area (Å²) in [4.78, 5) is 20.8. The van der Waals surface area contributed by atoms with Crippen molar-refractivity contribution in [3.05, 3.63) is 51.8 Å². The summed E-state index contributed by atoms with van der Waals surface area (Å²) >= 11 is 0. The van der Waals surface area contributed by atoms with Gasteiger partial charge in [-0.2, -0.15) is 5.10 Å². The van der Waals surface area contributed by atoms with Gasteiger partial charge in [0.2, 0.25) is 5.69 Å². The maximum Gasteiger partial charge on any atom is 0.363 e. The molecule has 2 rings (SSSR count). The first-order chi connectivity index (χ1) is 10.0. The molecule has 0 bridgehead atoms. The third-order valence-electron chi connectivity index (χ3n) is 2.84. The smallest absolute Gasteiger partial charge is 0.363 e. The van der Waals surface area contributed by atoms with Crippen molar-refractivity contribution in [2.24, 2.45) is 0 Å². The lowest BCUT2D eigenvalue weighted by atomic mass is 10.2. The lowest BCUT2D eigenvalue weighted by Crippen LogP contribution is -2.07. The van der Waals surface area contributed by atoms with Gasteiger partial charge in [0.15, 0.2) is 6.73 Å². The molecular weight excluding hydrogens is 278 g/mol. The fourth-order valence-corrected chi connectivity index (χ4v) is 1.72. The quantitative estimate of drug-likeness (QED) is 0.645. The van der Waals surface area contributed by atoms with Gasteiger partial charge in [0.1, 0.15) is 11.9 Å². The summed E-state index contributed by atoms with van der Waals surface area (Å²) in [5, 5.41) is 23.2. The van der Waals surface area contributed by atoms with E-state index in [0.29, 0.717) is 5.75 Å². The zero-order valence-corrected chi connectivity index (χ0v) is 11.2. The second-order valence-corrected chi connectivity index (χ2v) is 4.24. The van der Waals surface area contributed by atoms with Crippen LogP contribution in [0.2, 0.25) is 0 Å². The van der Waals surface area contributed by atoms with Gasteiger partial charge >= 0.3 is 11.7 Å². The van der Waals surface area contributed by atoms with E-state index in [-0.39, 0.29) is 6.73 Å². The second kappa shape index (κ2) is 6.04. The van der Waals surface area contributed by atoms with Crippen LogP contribution in [0.4, 0.5) is 5.69 Å². The molecule has 21 heavy (non-hydrogen) atoms. The van der Waals surface area contributed by atoms with Crippen LogP contribution < -0.4 is 4.74 Å². The first-order valence-corrected chi connectivity index (χ1v) is 6.18. The Balaban J connectivity index is 2.10. The standard InChI is InChI=1S/C13H13N3O5/c1-2-9-3-5-10(6-4-9)21-8-15-7-11(16(19)20)12(14-15)13(17)18/h3-7H,2,8H2,1H3,(H,17,18). The Morgan fingerprint density at radius 1 is 1.43 bits per heavy atom. The minimum atomic E-state index is -1.45. The molecule has 0 saturated carbocycles. The minimum Gasteiger partial charge on any atom is -0.476 e. The molecule has 8 heteroatoms. The lowest BCUT2D eigenvalue weighted by molar-refractivity contribution is -0.385. The monoisotopic (exact) mass is 291 g/mol. The number of carboxylic acids is 1. The summed E-state index contributed by atoms with van der Waals surface area (Å²) in [5.41, 5.74) is -0.0115. The molecule has 0 fully saturated rings. The van der Waals surface area contributed by atoms with E-state index in [2.05, 4.69) is 5.10 Å². The highest BCUT2D eigenvalue weighted by Crippen LogP contribution is 2.18. The van der Waals surface area contributed by atoms with Crippen LogP contribution in [-0.2, 0) is 13.2 Å². The minimum absolute atomic E-state index is 0.112. The molecule has 0 radical (unpaired) electrons. The van der Waals surface area contributed by atoms with Crippen LogP contribution in [0.15, 0.2) is 30.5 Å². The molecule has 0 aliphatic rings. The number of hydrogen-bond donors (Lipinski definition) is 1. The molecule has 0 amide bonds. The van der Waals surface area contributed by atoms with Crippen molar-refractivity contribution >= 4 is 11.7 Å². The Morgan fingerprint density at radius 3 is 2.57 bits per heavy atom. The van der Waals surface area contributed by atoms with Gasteiger partial charge in [-0.05, 0) is 24.1 Å². The van der Waals surface area contributed by atoms with Gasteiger partial charge in [0.25, 0.3) is 0 Å². The summed E-state index contributed by atoms with van der Waals surface area (Å²) in [5.74, 6) is -0.880. The molecule has 0 unspecified atom stereocenters. The maximum absolute atomic E-state index is 10.9. The average molecular weight is 291 g/mol. The van der Waals surface area contributed by atoms with Gasteiger partial charge in [0, 0.05) is 0 Å². The van der Waals surface area contributed by atoms with E-state index in [0.717, 1.165) is 22.9 Å². The lowest BCUT2D eigenvalue weighted by Gasteiger charge is -2.06. The van der Waals surface area contributed by atoms with Crippen molar-refractivity contribution in [1.29, 1.82) is 0 Å². The number of ether oxygens (including phenoxy) is 1. The van der Waals surface area contributed by atoms with E-state index in [9.17, 15) is 14.9 Å². The fraction of sp³-hybridized carbons (Fsp3) is 0.231. The first-order valence-electron chi connectivity index (χ1n) is 6.18. The van der Waals surface area contributed by atoms with Crippen molar-refractivity contribution in [2.45, 2.75) is 20.1 Å². The second-order valence-electron chi connectivity index (χ2n) is 4.24. The highest BCUT2D eigenvalue weighted by molar-refractivity contribution is 5.89. The Bertz CT molecular complexity index is 631. The molecular formula is C13H13N3O5. The Morgan fingerprint density at radius 2 is 2.10 bits per heavy atom. The molecule has 110 valence electrons. The molecule has 0 aliphatic heterocycles. The number of hydrogen-bond acceptors (Lipinski definition) is 5. The van der Waals surface area contributed by atoms with Gasteiger partial charge < -0.3 is 9.84 Å². The molecule has 1 aromatic carbocycles. The van der Waals surface area contributed by atoms with E-state index in [1.165, 1.54) is 0 Å². The summed E-state index contributed by atoms with van der Waals surface area (Å²) in [6.07, 6.45) is 1.94. The zero-order valence-electron chi connectivity index (χ0n) is 11.2. The van der Waals surface area contributed by atoms with Crippen molar-refractivity contribution in [2.75, 3.05) is 0 Å². The molecule has 1 heterocycles. The predicted octanol–water partition coefficient (Wildman–Crippen LogP) is 2.09. The number of aromatic nitrogens is 2.